The van der Waals surface area contributed by atoms with Crippen molar-refractivity contribution in [2.24, 2.45) is 0 Å². The zero-order valence-corrected chi connectivity index (χ0v) is 15.2. The Kier molecular flexibility index (Phi) is 5.16. The van der Waals surface area contributed by atoms with Crippen molar-refractivity contribution in [1.29, 1.82) is 0 Å². The van der Waals surface area contributed by atoms with Gasteiger partial charge < -0.3 is 9.05 Å². The maximum Gasteiger partial charge on any atom is 0.151 e. The fraction of sp³-hybridized carbons (Fsp3) is 0.429. The Balaban J connectivity index is 1.35. The Bertz CT molecular complexity index is 819. The monoisotopic (exact) mass is 351 g/mol. The lowest BCUT2D eigenvalue weighted by Crippen LogP contribution is -2.16. The minimum Gasteiger partial charge on any atom is -0.360 e. The molecular weight excluding hydrogens is 326 g/mol. The molecule has 5 heteroatoms. The van der Waals surface area contributed by atoms with Crippen LogP contribution in [0.15, 0.2) is 51.5 Å². The average Bonchev–Trinajstić information content (AvgIpc) is 3.33. The Hall–Kier alpha value is -2.40. The van der Waals surface area contributed by atoms with E-state index in [2.05, 4.69) is 21.3 Å². The van der Waals surface area contributed by atoms with E-state index >= 15 is 0 Å². The lowest BCUT2D eigenvalue weighted by Gasteiger charge is -2.18. The summed E-state index contributed by atoms with van der Waals surface area (Å²) < 4.78 is 11.1. The standard InChI is InChI=1S/C21H25N3O2/c1-24(14-18-12-20(22-25-18)16-8-4-2-5-9-16)15-19-13-21(23-26-19)17-10-6-3-7-11-17/h2,4-5,8-9,12-13,17H,3,6-7,10-11,14-15H2,1H3. The van der Waals surface area contributed by atoms with Crippen LogP contribution in [-0.2, 0) is 13.1 Å². The molecular formula is C21H25N3O2. The highest BCUT2D eigenvalue weighted by Crippen LogP contribution is 2.32. The van der Waals surface area contributed by atoms with E-state index in [1.54, 1.807) is 0 Å². The molecule has 0 N–H and O–H groups in total. The number of aromatic nitrogens is 2. The third-order valence-electron chi connectivity index (χ3n) is 5.08. The van der Waals surface area contributed by atoms with Gasteiger partial charge in [-0.05, 0) is 19.9 Å². The molecule has 0 spiro atoms. The van der Waals surface area contributed by atoms with E-state index in [-0.39, 0.29) is 0 Å². The second-order valence-electron chi connectivity index (χ2n) is 7.27. The zero-order chi connectivity index (χ0) is 17.8. The molecule has 2 heterocycles. The molecule has 26 heavy (non-hydrogen) atoms. The van der Waals surface area contributed by atoms with Crippen LogP contribution in [-0.4, -0.2) is 22.3 Å². The van der Waals surface area contributed by atoms with Gasteiger partial charge in [-0.1, -0.05) is 59.9 Å². The molecule has 0 saturated heterocycles. The van der Waals surface area contributed by atoms with Gasteiger partial charge in [-0.25, -0.2) is 0 Å². The van der Waals surface area contributed by atoms with Gasteiger partial charge in [0.1, 0.15) is 5.69 Å². The topological polar surface area (TPSA) is 55.3 Å². The minimum atomic E-state index is 0.578. The van der Waals surface area contributed by atoms with Crippen LogP contribution in [0.25, 0.3) is 11.3 Å². The second kappa shape index (κ2) is 7.87. The predicted octanol–water partition coefficient (Wildman–Crippen LogP) is 5.01. The highest BCUT2D eigenvalue weighted by molar-refractivity contribution is 5.58. The smallest absolute Gasteiger partial charge is 0.151 e. The van der Waals surface area contributed by atoms with Crippen molar-refractivity contribution < 1.29 is 9.05 Å². The Morgan fingerprint density at radius 2 is 1.62 bits per heavy atom. The van der Waals surface area contributed by atoms with Crippen LogP contribution >= 0.6 is 0 Å². The van der Waals surface area contributed by atoms with Crippen molar-refractivity contribution in [3.8, 4) is 11.3 Å². The van der Waals surface area contributed by atoms with Gasteiger partial charge in [0.15, 0.2) is 11.5 Å². The normalized spacial score (nSPS) is 15.6. The zero-order valence-electron chi connectivity index (χ0n) is 15.2. The first-order valence-electron chi connectivity index (χ1n) is 9.43. The molecule has 1 aliphatic rings. The van der Waals surface area contributed by atoms with Gasteiger partial charge in [0, 0.05) is 23.6 Å². The number of hydrogen-bond acceptors (Lipinski definition) is 5. The Labute approximate surface area is 154 Å². The van der Waals surface area contributed by atoms with Crippen molar-refractivity contribution in [1.82, 2.24) is 15.2 Å². The molecule has 0 radical (unpaired) electrons. The van der Waals surface area contributed by atoms with Crippen LogP contribution in [0.1, 0.15) is 55.2 Å². The highest BCUT2D eigenvalue weighted by atomic mass is 16.5. The van der Waals surface area contributed by atoms with E-state index in [0.29, 0.717) is 19.0 Å². The third kappa shape index (κ3) is 4.05. The Morgan fingerprint density at radius 1 is 0.923 bits per heavy atom. The van der Waals surface area contributed by atoms with E-state index in [1.165, 1.54) is 32.1 Å². The summed E-state index contributed by atoms with van der Waals surface area (Å²) in [5.74, 6) is 2.34. The molecule has 2 aromatic heterocycles. The number of nitrogens with zero attached hydrogens (tertiary/aromatic N) is 3. The lowest BCUT2D eigenvalue weighted by molar-refractivity contribution is 0.237. The van der Waals surface area contributed by atoms with Crippen molar-refractivity contribution in [2.75, 3.05) is 7.05 Å². The summed E-state index contributed by atoms with van der Waals surface area (Å²) in [6, 6.07) is 14.2. The van der Waals surface area contributed by atoms with E-state index in [9.17, 15) is 0 Å². The summed E-state index contributed by atoms with van der Waals surface area (Å²) in [6.45, 7) is 1.39. The third-order valence-corrected chi connectivity index (χ3v) is 5.08. The van der Waals surface area contributed by atoms with Crippen LogP contribution in [0.2, 0.25) is 0 Å². The van der Waals surface area contributed by atoms with E-state index < -0.39 is 0 Å². The molecule has 3 aromatic rings. The largest absolute Gasteiger partial charge is 0.360 e. The van der Waals surface area contributed by atoms with E-state index in [4.69, 9.17) is 9.05 Å². The second-order valence-corrected chi connectivity index (χ2v) is 7.27. The molecule has 4 rings (SSSR count). The van der Waals surface area contributed by atoms with Gasteiger partial charge in [-0.15, -0.1) is 0 Å². The van der Waals surface area contributed by atoms with Gasteiger partial charge >= 0.3 is 0 Å². The van der Waals surface area contributed by atoms with Crippen LogP contribution in [0.4, 0.5) is 0 Å². The van der Waals surface area contributed by atoms with Gasteiger partial charge in [0.05, 0.1) is 18.8 Å². The van der Waals surface area contributed by atoms with Crippen LogP contribution in [0, 0.1) is 0 Å². The van der Waals surface area contributed by atoms with Crippen LogP contribution < -0.4 is 0 Å². The average molecular weight is 351 g/mol. The van der Waals surface area contributed by atoms with Gasteiger partial charge in [0.25, 0.3) is 0 Å². The van der Waals surface area contributed by atoms with E-state index in [0.717, 1.165) is 28.5 Å². The van der Waals surface area contributed by atoms with Gasteiger partial charge in [-0.2, -0.15) is 0 Å². The Morgan fingerprint density at radius 3 is 2.38 bits per heavy atom. The molecule has 1 aromatic carbocycles. The fourth-order valence-electron chi connectivity index (χ4n) is 3.71. The first kappa shape index (κ1) is 17.0. The summed E-state index contributed by atoms with van der Waals surface area (Å²) in [5, 5.41) is 8.48. The quantitative estimate of drug-likeness (QED) is 0.625. The number of benzene rings is 1. The summed E-state index contributed by atoms with van der Waals surface area (Å²) in [7, 11) is 2.05. The van der Waals surface area contributed by atoms with Gasteiger partial charge in [0.2, 0.25) is 0 Å². The maximum atomic E-state index is 5.56. The molecule has 0 atom stereocenters. The van der Waals surface area contributed by atoms with Crippen molar-refractivity contribution in [3.63, 3.8) is 0 Å². The van der Waals surface area contributed by atoms with Gasteiger partial charge in [-0.3, -0.25) is 4.90 Å². The molecule has 1 fully saturated rings. The first-order valence-corrected chi connectivity index (χ1v) is 9.43. The maximum absolute atomic E-state index is 5.56. The molecule has 136 valence electrons. The molecule has 0 unspecified atom stereocenters. The minimum absolute atomic E-state index is 0.578. The predicted molar refractivity (Wildman–Crippen MR) is 99.4 cm³/mol. The molecule has 0 amide bonds. The highest BCUT2D eigenvalue weighted by Gasteiger charge is 2.20. The SMILES string of the molecule is CN(Cc1cc(-c2ccccc2)no1)Cc1cc(C2CCCCC2)no1. The van der Waals surface area contributed by atoms with Crippen LogP contribution in [0.5, 0.6) is 0 Å². The van der Waals surface area contributed by atoms with Crippen molar-refractivity contribution in [2.45, 2.75) is 51.1 Å². The van der Waals surface area contributed by atoms with Crippen molar-refractivity contribution >= 4 is 0 Å². The van der Waals surface area contributed by atoms with E-state index in [1.807, 2.05) is 43.4 Å². The number of rotatable bonds is 6. The summed E-state index contributed by atoms with van der Waals surface area (Å²) in [5.41, 5.74) is 3.06. The lowest BCUT2D eigenvalue weighted by atomic mass is 9.87. The fourth-order valence-corrected chi connectivity index (χ4v) is 3.71. The first-order chi connectivity index (χ1) is 12.8. The summed E-state index contributed by atoms with van der Waals surface area (Å²) in [6.07, 6.45) is 6.44. The molecule has 0 bridgehead atoms. The molecule has 5 nitrogen and oxygen atoms in total. The molecule has 1 saturated carbocycles. The van der Waals surface area contributed by atoms with Crippen molar-refractivity contribution in [3.05, 3.63) is 59.7 Å². The van der Waals surface area contributed by atoms with Crippen LogP contribution in [0.3, 0.4) is 0 Å². The number of hydrogen-bond donors (Lipinski definition) is 0. The molecule has 0 aliphatic heterocycles. The summed E-state index contributed by atoms with van der Waals surface area (Å²) >= 11 is 0. The molecule has 1 aliphatic carbocycles. The summed E-state index contributed by atoms with van der Waals surface area (Å²) in [4.78, 5) is 2.15.